The van der Waals surface area contributed by atoms with Gasteiger partial charge in [-0.15, -0.1) is 13.2 Å². The summed E-state index contributed by atoms with van der Waals surface area (Å²) in [6.07, 6.45) is -0.194. The van der Waals surface area contributed by atoms with Gasteiger partial charge in [0.1, 0.15) is 17.1 Å². The Labute approximate surface area is 197 Å². The van der Waals surface area contributed by atoms with Crippen molar-refractivity contribution in [2.45, 2.75) is 59.1 Å². The molecule has 1 atom stereocenters. The number of ether oxygens (including phenoxy) is 1. The van der Waals surface area contributed by atoms with Crippen LogP contribution in [-0.4, -0.2) is 35.2 Å². The summed E-state index contributed by atoms with van der Waals surface area (Å²) in [7, 11) is 0. The van der Waals surface area contributed by atoms with Gasteiger partial charge in [0.05, 0.1) is 17.8 Å². The van der Waals surface area contributed by atoms with Crippen molar-refractivity contribution in [3.8, 4) is 17.1 Å². The molecule has 12 heteroatoms. The second kappa shape index (κ2) is 9.43. The molecule has 0 radical (unpaired) electrons. The van der Waals surface area contributed by atoms with E-state index in [2.05, 4.69) is 19.8 Å². The van der Waals surface area contributed by atoms with E-state index >= 15 is 0 Å². The van der Waals surface area contributed by atoms with Crippen molar-refractivity contribution in [1.29, 1.82) is 0 Å². The lowest BCUT2D eigenvalue weighted by atomic mass is 10.1. The smallest absolute Gasteiger partial charge is 0.406 e. The molecule has 4 rings (SSSR count). The molecule has 1 aromatic carbocycles. The van der Waals surface area contributed by atoms with Gasteiger partial charge in [0.15, 0.2) is 5.65 Å². The van der Waals surface area contributed by atoms with E-state index in [-0.39, 0.29) is 23.0 Å². The molecule has 0 aliphatic rings. The maximum Gasteiger partial charge on any atom is 0.573 e. The third-order valence-electron chi connectivity index (χ3n) is 5.64. The lowest BCUT2D eigenvalue weighted by molar-refractivity contribution is -0.274. The highest BCUT2D eigenvalue weighted by Gasteiger charge is 2.31. The molecule has 0 amide bonds. The molecule has 0 aliphatic carbocycles. The number of halogens is 3. The quantitative estimate of drug-likeness (QED) is 0.404. The number of rotatable bonds is 8. The van der Waals surface area contributed by atoms with Crippen molar-refractivity contribution in [3.63, 3.8) is 0 Å². The first kappa shape index (κ1) is 24.3. The van der Waals surface area contributed by atoms with Gasteiger partial charge >= 0.3 is 12.1 Å². The van der Waals surface area contributed by atoms with E-state index in [1.54, 1.807) is 29.2 Å². The van der Waals surface area contributed by atoms with E-state index in [9.17, 15) is 22.8 Å². The monoisotopic (exact) mass is 490 g/mol. The fraction of sp³-hybridized carbons (Fsp3) is 0.391. The van der Waals surface area contributed by atoms with Crippen LogP contribution in [0.25, 0.3) is 22.6 Å². The predicted molar refractivity (Wildman–Crippen MR) is 123 cm³/mol. The van der Waals surface area contributed by atoms with Crippen LogP contribution in [0.4, 0.5) is 13.2 Å². The predicted octanol–water partition coefficient (Wildman–Crippen LogP) is 3.88. The van der Waals surface area contributed by atoms with Crippen LogP contribution in [0, 0.1) is 0 Å². The van der Waals surface area contributed by atoms with E-state index in [4.69, 9.17) is 0 Å². The Hall–Kier alpha value is -3.83. The molecule has 4 aromatic rings. The Bertz CT molecular complexity index is 1450. The van der Waals surface area contributed by atoms with E-state index in [0.717, 1.165) is 5.56 Å². The van der Waals surface area contributed by atoms with Gasteiger partial charge in [-0.05, 0) is 44.4 Å². The molecule has 1 unspecified atom stereocenters. The molecule has 3 aromatic heterocycles. The third kappa shape index (κ3) is 5.00. The molecule has 0 fully saturated rings. The Morgan fingerprint density at radius 1 is 1.11 bits per heavy atom. The maximum atomic E-state index is 12.9. The lowest BCUT2D eigenvalue weighted by Gasteiger charge is -2.13. The van der Waals surface area contributed by atoms with Crippen molar-refractivity contribution >= 4 is 11.2 Å². The van der Waals surface area contributed by atoms with Gasteiger partial charge in [-0.3, -0.25) is 18.6 Å². The molecule has 0 aliphatic heterocycles. The number of aromatic amines is 1. The van der Waals surface area contributed by atoms with Crippen LogP contribution in [0.5, 0.6) is 5.75 Å². The van der Waals surface area contributed by atoms with Gasteiger partial charge in [0.2, 0.25) is 0 Å². The highest BCUT2D eigenvalue weighted by Crippen LogP contribution is 2.25. The van der Waals surface area contributed by atoms with E-state index in [1.165, 1.54) is 21.3 Å². The number of fused-ring (bicyclic) bond motifs is 1. The van der Waals surface area contributed by atoms with E-state index < -0.39 is 11.9 Å². The average molecular weight is 490 g/mol. The lowest BCUT2D eigenvalue weighted by Crippen LogP contribution is -2.39. The van der Waals surface area contributed by atoms with Crippen LogP contribution < -0.4 is 16.0 Å². The minimum absolute atomic E-state index is 0.113. The van der Waals surface area contributed by atoms with Gasteiger partial charge in [-0.25, -0.2) is 9.78 Å². The van der Waals surface area contributed by atoms with Gasteiger partial charge in [0.25, 0.3) is 5.56 Å². The molecule has 1 N–H and O–H groups in total. The SMILES string of the molecule is CCCn1c(=O)c2[nH]c(-c3cnn(C(C)Cc4ccc(OC(F)(F)F)cc4)c3)nc2n(CC)c1=O. The van der Waals surface area contributed by atoms with Crippen molar-refractivity contribution in [3.05, 3.63) is 63.1 Å². The standard InChI is InChI=1S/C23H25F3N6O3/c1-4-10-31-21(33)18-20(30(5-2)22(31)34)29-19(28-18)16-12-27-32(13-16)14(3)11-15-6-8-17(9-7-15)35-23(24,25)26/h6-9,12-14H,4-5,10-11H2,1-3H3,(H,28,29). The van der Waals surface area contributed by atoms with Crippen molar-refractivity contribution < 1.29 is 17.9 Å². The summed E-state index contributed by atoms with van der Waals surface area (Å²) in [6, 6.07) is 5.59. The number of H-pyrrole nitrogens is 1. The summed E-state index contributed by atoms with van der Waals surface area (Å²) < 4.78 is 45.3. The zero-order valence-corrected chi connectivity index (χ0v) is 19.5. The third-order valence-corrected chi connectivity index (χ3v) is 5.64. The highest BCUT2D eigenvalue weighted by molar-refractivity contribution is 5.75. The second-order valence-corrected chi connectivity index (χ2v) is 8.22. The molecule has 0 spiro atoms. The van der Waals surface area contributed by atoms with Gasteiger partial charge < -0.3 is 9.72 Å². The molecule has 0 saturated heterocycles. The Kier molecular flexibility index (Phi) is 6.55. The zero-order chi connectivity index (χ0) is 25.3. The van der Waals surface area contributed by atoms with Crippen LogP contribution in [0.3, 0.4) is 0 Å². The minimum Gasteiger partial charge on any atom is -0.406 e. The minimum atomic E-state index is -4.73. The largest absolute Gasteiger partial charge is 0.573 e. The normalized spacial score (nSPS) is 12.9. The number of benzene rings is 1. The van der Waals surface area contributed by atoms with Gasteiger partial charge in [0, 0.05) is 19.3 Å². The van der Waals surface area contributed by atoms with E-state index in [1.807, 2.05) is 20.8 Å². The van der Waals surface area contributed by atoms with Crippen LogP contribution in [0.2, 0.25) is 0 Å². The number of alkyl halides is 3. The van der Waals surface area contributed by atoms with Crippen LogP contribution in [0.15, 0.2) is 46.2 Å². The zero-order valence-electron chi connectivity index (χ0n) is 19.5. The van der Waals surface area contributed by atoms with Crippen LogP contribution in [0.1, 0.15) is 38.8 Å². The first-order valence-electron chi connectivity index (χ1n) is 11.2. The molecule has 9 nitrogen and oxygen atoms in total. The van der Waals surface area contributed by atoms with Crippen molar-refractivity contribution in [1.82, 2.24) is 28.9 Å². The maximum absolute atomic E-state index is 12.9. The molecule has 0 bridgehead atoms. The molecule has 35 heavy (non-hydrogen) atoms. The Morgan fingerprint density at radius 3 is 2.46 bits per heavy atom. The molecule has 3 heterocycles. The molecular weight excluding hydrogens is 465 g/mol. The number of aromatic nitrogens is 6. The van der Waals surface area contributed by atoms with Crippen LogP contribution in [-0.2, 0) is 19.5 Å². The summed E-state index contributed by atoms with van der Waals surface area (Å²) in [5.74, 6) is 0.142. The fourth-order valence-electron chi connectivity index (χ4n) is 3.97. The molecule has 0 saturated carbocycles. The number of imidazole rings is 1. The average Bonchev–Trinajstić information content (AvgIpc) is 3.45. The number of hydrogen-bond donors (Lipinski definition) is 1. The molecule has 186 valence electrons. The Balaban J connectivity index is 1.58. The number of hydrogen-bond acceptors (Lipinski definition) is 5. The second-order valence-electron chi connectivity index (χ2n) is 8.22. The summed E-state index contributed by atoms with van der Waals surface area (Å²) in [5, 5.41) is 4.39. The first-order chi connectivity index (χ1) is 16.6. The molecular formula is C23H25F3N6O3. The topological polar surface area (TPSA) is 99.7 Å². The summed E-state index contributed by atoms with van der Waals surface area (Å²) in [4.78, 5) is 33.1. The summed E-state index contributed by atoms with van der Waals surface area (Å²) >= 11 is 0. The van der Waals surface area contributed by atoms with Gasteiger partial charge in [-0.2, -0.15) is 5.10 Å². The van der Waals surface area contributed by atoms with Crippen molar-refractivity contribution in [2.75, 3.05) is 0 Å². The summed E-state index contributed by atoms with van der Waals surface area (Å²) in [5.41, 5.74) is 1.22. The number of aryl methyl sites for hydroxylation is 1. The summed E-state index contributed by atoms with van der Waals surface area (Å²) in [6.45, 7) is 6.32. The highest BCUT2D eigenvalue weighted by atomic mass is 19.4. The van der Waals surface area contributed by atoms with Crippen molar-refractivity contribution in [2.24, 2.45) is 0 Å². The number of nitrogens with zero attached hydrogens (tertiary/aromatic N) is 5. The van der Waals surface area contributed by atoms with Crippen LogP contribution >= 0.6 is 0 Å². The van der Waals surface area contributed by atoms with Gasteiger partial charge in [-0.1, -0.05) is 19.1 Å². The van der Waals surface area contributed by atoms with E-state index in [0.29, 0.717) is 43.0 Å². The number of nitrogens with one attached hydrogen (secondary N) is 1. The Morgan fingerprint density at radius 2 is 1.83 bits per heavy atom. The first-order valence-corrected chi connectivity index (χ1v) is 11.2. The fourth-order valence-corrected chi connectivity index (χ4v) is 3.97.